The summed E-state index contributed by atoms with van der Waals surface area (Å²) in [5.74, 6) is 1.45. The summed E-state index contributed by atoms with van der Waals surface area (Å²) in [7, 11) is 0. The van der Waals surface area contributed by atoms with E-state index in [1.807, 2.05) is 41.8 Å². The molecule has 0 bridgehead atoms. The Hall–Kier alpha value is -5.72. The molecular weight excluding hydrogens is 595 g/mol. The van der Waals surface area contributed by atoms with Gasteiger partial charge < -0.3 is 0 Å². The lowest BCUT2D eigenvalue weighted by atomic mass is 9.80. The van der Waals surface area contributed by atoms with Gasteiger partial charge in [-0.25, -0.2) is 19.9 Å². The van der Waals surface area contributed by atoms with Crippen molar-refractivity contribution in [1.29, 1.82) is 0 Å². The molecule has 0 unspecified atom stereocenters. The molecule has 1 aliphatic rings. The third kappa shape index (κ3) is 3.64. The molecule has 4 heterocycles. The summed E-state index contributed by atoms with van der Waals surface area (Å²) in [6, 6.07) is 40.4. The Morgan fingerprint density at radius 2 is 1.43 bits per heavy atom. The van der Waals surface area contributed by atoms with Crippen molar-refractivity contribution in [2.75, 3.05) is 0 Å². The van der Waals surface area contributed by atoms with Gasteiger partial charge >= 0.3 is 0 Å². The molecule has 0 saturated heterocycles. The van der Waals surface area contributed by atoms with Crippen LogP contribution in [0.15, 0.2) is 128 Å². The van der Waals surface area contributed by atoms with Crippen LogP contribution in [0.4, 0.5) is 0 Å². The zero-order valence-electron chi connectivity index (χ0n) is 25.8. The first-order valence-electron chi connectivity index (χ1n) is 15.8. The Labute approximate surface area is 274 Å². The number of rotatable bonds is 3. The molecule has 0 atom stereocenters. The van der Waals surface area contributed by atoms with E-state index in [2.05, 4.69) is 114 Å². The van der Waals surface area contributed by atoms with E-state index in [4.69, 9.17) is 15.0 Å². The second kappa shape index (κ2) is 9.64. The molecule has 5 aromatic carbocycles. The zero-order chi connectivity index (χ0) is 31.3. The third-order valence-corrected chi connectivity index (χ3v) is 10.9. The third-order valence-electron chi connectivity index (χ3n) is 9.73. The summed E-state index contributed by atoms with van der Waals surface area (Å²) >= 11 is 1.88. The van der Waals surface area contributed by atoms with Crippen molar-refractivity contribution in [2.45, 2.75) is 19.3 Å². The van der Waals surface area contributed by atoms with Gasteiger partial charge in [-0.05, 0) is 22.8 Å². The van der Waals surface area contributed by atoms with Crippen molar-refractivity contribution >= 4 is 53.4 Å². The molecule has 6 heteroatoms. The van der Waals surface area contributed by atoms with Crippen molar-refractivity contribution in [2.24, 2.45) is 0 Å². The van der Waals surface area contributed by atoms with Crippen LogP contribution in [0.2, 0.25) is 0 Å². The SMILES string of the molecule is CC1(C)c2ccccc2-c2c1c1c3cncnc3n(-c3cc(-c4ccccc4)nc(-c4ccccc4)n3)c1c1c2sc2ccccc21. The smallest absolute Gasteiger partial charge is 0.162 e. The Bertz CT molecular complexity index is 2650. The van der Waals surface area contributed by atoms with Crippen LogP contribution in [0, 0.1) is 0 Å². The topological polar surface area (TPSA) is 56.5 Å². The molecule has 47 heavy (non-hydrogen) atoms. The minimum absolute atomic E-state index is 0.237. The lowest BCUT2D eigenvalue weighted by molar-refractivity contribution is 0.667. The van der Waals surface area contributed by atoms with Gasteiger partial charge in [0.15, 0.2) is 5.82 Å². The van der Waals surface area contributed by atoms with E-state index in [1.165, 1.54) is 47.8 Å². The van der Waals surface area contributed by atoms with Crippen molar-refractivity contribution in [3.63, 3.8) is 0 Å². The predicted octanol–water partition coefficient (Wildman–Crippen LogP) is 10.4. The van der Waals surface area contributed by atoms with E-state index in [0.29, 0.717) is 5.82 Å². The van der Waals surface area contributed by atoms with Gasteiger partial charge in [0.1, 0.15) is 17.8 Å². The van der Waals surface area contributed by atoms with Crippen LogP contribution >= 0.6 is 11.3 Å². The summed E-state index contributed by atoms with van der Waals surface area (Å²) in [6.45, 7) is 4.71. The van der Waals surface area contributed by atoms with Gasteiger partial charge in [0.25, 0.3) is 0 Å². The van der Waals surface area contributed by atoms with Crippen LogP contribution in [-0.2, 0) is 5.41 Å². The highest BCUT2D eigenvalue weighted by Crippen LogP contribution is 2.58. The number of aromatic nitrogens is 5. The highest BCUT2D eigenvalue weighted by Gasteiger charge is 2.41. The Morgan fingerprint density at radius 3 is 2.26 bits per heavy atom. The van der Waals surface area contributed by atoms with Crippen LogP contribution in [0.25, 0.3) is 81.7 Å². The first-order chi connectivity index (χ1) is 23.1. The van der Waals surface area contributed by atoms with E-state index < -0.39 is 0 Å². The molecule has 4 aromatic heterocycles. The van der Waals surface area contributed by atoms with E-state index >= 15 is 0 Å². The zero-order valence-corrected chi connectivity index (χ0v) is 26.6. The number of hydrogen-bond acceptors (Lipinski definition) is 5. The highest BCUT2D eigenvalue weighted by atomic mass is 32.1. The molecule has 0 saturated carbocycles. The lowest BCUT2D eigenvalue weighted by Gasteiger charge is -2.23. The van der Waals surface area contributed by atoms with E-state index in [0.717, 1.165) is 39.2 Å². The molecule has 0 N–H and O–H groups in total. The summed E-state index contributed by atoms with van der Waals surface area (Å²) < 4.78 is 4.83. The van der Waals surface area contributed by atoms with Gasteiger partial charge in [0.05, 0.1) is 11.2 Å². The summed E-state index contributed by atoms with van der Waals surface area (Å²) in [5, 5.41) is 4.68. The second-order valence-electron chi connectivity index (χ2n) is 12.7. The average molecular weight is 622 g/mol. The van der Waals surface area contributed by atoms with Crippen molar-refractivity contribution in [1.82, 2.24) is 24.5 Å². The van der Waals surface area contributed by atoms with Crippen molar-refractivity contribution < 1.29 is 0 Å². The fraction of sp³-hybridized carbons (Fsp3) is 0.0732. The van der Waals surface area contributed by atoms with E-state index in [-0.39, 0.29) is 5.41 Å². The van der Waals surface area contributed by atoms with Crippen molar-refractivity contribution in [3.8, 4) is 39.6 Å². The molecule has 0 spiro atoms. The maximum Gasteiger partial charge on any atom is 0.162 e. The molecule has 9 aromatic rings. The molecule has 1 aliphatic carbocycles. The maximum absolute atomic E-state index is 5.31. The molecule has 0 aliphatic heterocycles. The summed E-state index contributed by atoms with van der Waals surface area (Å²) in [6.07, 6.45) is 3.64. The minimum Gasteiger partial charge on any atom is -0.277 e. The Balaban J connectivity index is 1.44. The number of hydrogen-bond donors (Lipinski definition) is 0. The first-order valence-corrected chi connectivity index (χ1v) is 16.6. The van der Waals surface area contributed by atoms with E-state index in [1.54, 1.807) is 6.33 Å². The Morgan fingerprint density at radius 1 is 0.702 bits per heavy atom. The minimum atomic E-state index is -0.237. The molecule has 10 rings (SSSR count). The molecule has 0 radical (unpaired) electrons. The largest absolute Gasteiger partial charge is 0.277 e. The number of benzene rings is 5. The molecule has 0 amide bonds. The van der Waals surface area contributed by atoms with Crippen LogP contribution in [-0.4, -0.2) is 24.5 Å². The van der Waals surface area contributed by atoms with Gasteiger partial charge in [-0.2, -0.15) is 0 Å². The molecule has 0 fully saturated rings. The van der Waals surface area contributed by atoms with Crippen molar-refractivity contribution in [3.05, 3.63) is 139 Å². The monoisotopic (exact) mass is 621 g/mol. The predicted molar refractivity (Wildman–Crippen MR) is 193 cm³/mol. The van der Waals surface area contributed by atoms with Crippen LogP contribution in [0.3, 0.4) is 0 Å². The maximum atomic E-state index is 5.31. The van der Waals surface area contributed by atoms with Gasteiger partial charge in [-0.15, -0.1) is 11.3 Å². The number of thiophene rings is 1. The highest BCUT2D eigenvalue weighted by molar-refractivity contribution is 7.26. The van der Waals surface area contributed by atoms with Gasteiger partial charge in [0.2, 0.25) is 0 Å². The first kappa shape index (κ1) is 26.5. The molecule has 5 nitrogen and oxygen atoms in total. The lowest BCUT2D eigenvalue weighted by Crippen LogP contribution is -2.15. The van der Waals surface area contributed by atoms with Crippen LogP contribution in [0.1, 0.15) is 25.0 Å². The van der Waals surface area contributed by atoms with E-state index in [9.17, 15) is 0 Å². The Kier molecular flexibility index (Phi) is 5.44. The standard InChI is InChI=1S/C41H27N5S/c1-41(2)29-19-11-9-17-26(29)34-36(41)33-28-22-42-23-43-40(28)46(37(33)35-27-18-10-12-20-31(27)47-38(34)35)32-21-30(24-13-5-3-6-14-24)44-39(45-32)25-15-7-4-8-16-25/h3-23H,1-2H3. The van der Waals surface area contributed by atoms with Gasteiger partial charge in [-0.3, -0.25) is 4.57 Å². The number of nitrogens with zero attached hydrogens (tertiary/aromatic N) is 5. The molecular formula is C41H27N5S. The normalized spacial score (nSPS) is 13.5. The fourth-order valence-corrected chi connectivity index (χ4v) is 8.99. The van der Waals surface area contributed by atoms with Crippen LogP contribution < -0.4 is 0 Å². The second-order valence-corrected chi connectivity index (χ2v) is 13.8. The quantitative estimate of drug-likeness (QED) is 0.197. The number of fused-ring (bicyclic) bond motifs is 12. The average Bonchev–Trinajstić information content (AvgIpc) is 3.75. The summed E-state index contributed by atoms with van der Waals surface area (Å²) in [5.41, 5.74) is 9.88. The summed E-state index contributed by atoms with van der Waals surface area (Å²) in [4.78, 5) is 20.0. The van der Waals surface area contributed by atoms with Crippen LogP contribution in [0.5, 0.6) is 0 Å². The van der Waals surface area contributed by atoms with Gasteiger partial charge in [-0.1, -0.05) is 117 Å². The molecule has 222 valence electrons. The van der Waals surface area contributed by atoms with Gasteiger partial charge in [0, 0.05) is 65.3 Å². The fourth-order valence-electron chi connectivity index (χ4n) is 7.72.